The smallest absolute Gasteiger partial charge is 0.270 e. The molecule has 1 aromatic heterocycles. The van der Waals surface area contributed by atoms with Gasteiger partial charge in [-0.3, -0.25) is 14.9 Å². The number of nitrogens with one attached hydrogen (secondary N) is 1. The first kappa shape index (κ1) is 13.9. The molecule has 0 amide bonds. The molecule has 0 saturated carbocycles. The number of aliphatic hydroxyl groups is 1. The highest BCUT2D eigenvalue weighted by Gasteiger charge is 2.21. The largest absolute Gasteiger partial charge is 0.386 e. The summed E-state index contributed by atoms with van der Waals surface area (Å²) in [5, 5.41) is 26.8. The van der Waals surface area contributed by atoms with Crippen molar-refractivity contribution in [2.24, 2.45) is 0 Å². The molecule has 7 heteroatoms. The maximum Gasteiger partial charge on any atom is 0.270 e. The monoisotopic (exact) mass is 275 g/mol. The van der Waals surface area contributed by atoms with Crippen LogP contribution in [0.5, 0.6) is 0 Å². The summed E-state index contributed by atoms with van der Waals surface area (Å²) in [5.74, 6) is 0. The minimum absolute atomic E-state index is 0.0692. The summed E-state index contributed by atoms with van der Waals surface area (Å²) in [5.41, 5.74) is -0.904. The highest BCUT2D eigenvalue weighted by atomic mass is 16.6. The van der Waals surface area contributed by atoms with Crippen molar-refractivity contribution < 1.29 is 10.0 Å². The molecule has 2 rings (SSSR count). The number of nitrogens with zero attached hydrogens (tertiary/aromatic N) is 2. The Labute approximate surface area is 114 Å². The number of aromatic nitrogens is 2. The van der Waals surface area contributed by atoms with Crippen LogP contribution in [0.1, 0.15) is 19.4 Å². The van der Waals surface area contributed by atoms with Crippen LogP contribution in [-0.2, 0) is 5.60 Å². The molecule has 0 spiro atoms. The molecule has 2 aromatic rings. The fraction of sp³-hybridized carbons (Fsp3) is 0.231. The lowest BCUT2D eigenvalue weighted by Gasteiger charge is -2.16. The van der Waals surface area contributed by atoms with Gasteiger partial charge in [0.25, 0.3) is 11.2 Å². The highest BCUT2D eigenvalue weighted by molar-refractivity contribution is 5.62. The molecule has 0 atom stereocenters. The van der Waals surface area contributed by atoms with Gasteiger partial charge in [-0.25, -0.2) is 5.10 Å². The van der Waals surface area contributed by atoms with E-state index in [1.165, 1.54) is 38.1 Å². The second-order valence-electron chi connectivity index (χ2n) is 4.86. The molecule has 0 unspecified atom stereocenters. The van der Waals surface area contributed by atoms with E-state index in [0.717, 1.165) is 0 Å². The van der Waals surface area contributed by atoms with Crippen molar-refractivity contribution in [3.63, 3.8) is 0 Å². The Kier molecular flexibility index (Phi) is 3.37. The predicted molar refractivity (Wildman–Crippen MR) is 72.2 cm³/mol. The Hall–Kier alpha value is -2.54. The third-order valence-electron chi connectivity index (χ3n) is 2.82. The fourth-order valence-corrected chi connectivity index (χ4v) is 1.79. The van der Waals surface area contributed by atoms with Crippen LogP contribution in [0.25, 0.3) is 11.3 Å². The summed E-state index contributed by atoms with van der Waals surface area (Å²) in [6.45, 7) is 2.96. The number of H-pyrrole nitrogens is 1. The number of nitro benzene ring substituents is 1. The van der Waals surface area contributed by atoms with Crippen molar-refractivity contribution in [2.45, 2.75) is 19.4 Å². The molecule has 20 heavy (non-hydrogen) atoms. The van der Waals surface area contributed by atoms with Crippen molar-refractivity contribution in [1.29, 1.82) is 0 Å². The van der Waals surface area contributed by atoms with Gasteiger partial charge >= 0.3 is 0 Å². The van der Waals surface area contributed by atoms with Gasteiger partial charge in [0, 0.05) is 17.7 Å². The lowest BCUT2D eigenvalue weighted by atomic mass is 9.98. The molecule has 0 aliphatic heterocycles. The van der Waals surface area contributed by atoms with Gasteiger partial charge in [-0.1, -0.05) is 12.1 Å². The normalized spacial score (nSPS) is 11.3. The number of benzene rings is 1. The van der Waals surface area contributed by atoms with Gasteiger partial charge in [-0.2, -0.15) is 5.10 Å². The maximum absolute atomic E-state index is 11.6. The van der Waals surface area contributed by atoms with Crippen LogP contribution in [0.15, 0.2) is 35.1 Å². The molecule has 0 bridgehead atoms. The van der Waals surface area contributed by atoms with E-state index in [9.17, 15) is 20.0 Å². The van der Waals surface area contributed by atoms with E-state index in [4.69, 9.17) is 0 Å². The molecular weight excluding hydrogens is 262 g/mol. The van der Waals surface area contributed by atoms with Crippen LogP contribution in [0.2, 0.25) is 0 Å². The molecule has 0 fully saturated rings. The summed E-state index contributed by atoms with van der Waals surface area (Å²) < 4.78 is 0. The SMILES string of the molecule is CC(C)(O)c1cc(-c2cccc([N+](=O)[O-])c2)n[nH]c1=O. The third kappa shape index (κ3) is 2.72. The molecule has 0 saturated heterocycles. The Morgan fingerprint density at radius 2 is 2.05 bits per heavy atom. The summed E-state index contributed by atoms with van der Waals surface area (Å²) >= 11 is 0. The molecular formula is C13H13N3O4. The van der Waals surface area contributed by atoms with Gasteiger partial charge in [0.05, 0.1) is 21.8 Å². The number of hydrogen-bond donors (Lipinski definition) is 2. The minimum Gasteiger partial charge on any atom is -0.386 e. The van der Waals surface area contributed by atoms with Crippen molar-refractivity contribution in [3.05, 3.63) is 56.4 Å². The molecule has 104 valence electrons. The number of non-ortho nitro benzene ring substituents is 1. The number of nitro groups is 1. The van der Waals surface area contributed by atoms with Crippen LogP contribution in [0.3, 0.4) is 0 Å². The maximum atomic E-state index is 11.6. The van der Waals surface area contributed by atoms with E-state index in [0.29, 0.717) is 11.3 Å². The molecule has 0 aliphatic rings. The summed E-state index contributed by atoms with van der Waals surface area (Å²) in [6, 6.07) is 7.32. The van der Waals surface area contributed by atoms with Gasteiger partial charge in [0.1, 0.15) is 0 Å². The first-order valence-corrected chi connectivity index (χ1v) is 5.86. The van der Waals surface area contributed by atoms with E-state index in [2.05, 4.69) is 10.2 Å². The van der Waals surface area contributed by atoms with E-state index in [1.54, 1.807) is 6.07 Å². The van der Waals surface area contributed by atoms with Crippen LogP contribution in [-0.4, -0.2) is 20.2 Å². The standard InChI is InChI=1S/C13H13N3O4/c1-13(2,18)10-7-11(14-15-12(10)17)8-4-3-5-9(6-8)16(19)20/h3-7,18H,1-2H3,(H,15,17). The van der Waals surface area contributed by atoms with Crippen LogP contribution < -0.4 is 5.56 Å². The highest BCUT2D eigenvalue weighted by Crippen LogP contribution is 2.24. The average molecular weight is 275 g/mol. The first-order valence-electron chi connectivity index (χ1n) is 5.86. The van der Waals surface area contributed by atoms with Gasteiger partial charge in [0.2, 0.25) is 0 Å². The van der Waals surface area contributed by atoms with Crippen LogP contribution >= 0.6 is 0 Å². The number of hydrogen-bond acceptors (Lipinski definition) is 5. The summed E-state index contributed by atoms with van der Waals surface area (Å²) in [7, 11) is 0. The molecule has 1 aromatic carbocycles. The van der Waals surface area contributed by atoms with E-state index in [1.807, 2.05) is 0 Å². The molecule has 7 nitrogen and oxygen atoms in total. The average Bonchev–Trinajstić information content (AvgIpc) is 2.38. The van der Waals surface area contributed by atoms with Crippen LogP contribution in [0.4, 0.5) is 5.69 Å². The van der Waals surface area contributed by atoms with Crippen molar-refractivity contribution in [1.82, 2.24) is 10.2 Å². The Balaban J connectivity index is 2.57. The van der Waals surface area contributed by atoms with Gasteiger partial charge in [-0.15, -0.1) is 0 Å². The molecule has 1 heterocycles. The zero-order valence-electron chi connectivity index (χ0n) is 11.0. The second-order valence-corrected chi connectivity index (χ2v) is 4.86. The third-order valence-corrected chi connectivity index (χ3v) is 2.82. The number of rotatable bonds is 3. The quantitative estimate of drug-likeness (QED) is 0.652. The number of aromatic amines is 1. The molecule has 0 aliphatic carbocycles. The zero-order chi connectivity index (χ0) is 14.9. The zero-order valence-corrected chi connectivity index (χ0v) is 11.0. The van der Waals surface area contributed by atoms with Crippen molar-refractivity contribution in [2.75, 3.05) is 0 Å². The Morgan fingerprint density at radius 1 is 1.35 bits per heavy atom. The van der Waals surface area contributed by atoms with Gasteiger partial charge in [0.15, 0.2) is 0 Å². The van der Waals surface area contributed by atoms with E-state index in [-0.39, 0.29) is 11.3 Å². The lowest BCUT2D eigenvalue weighted by Crippen LogP contribution is -2.27. The molecule has 2 N–H and O–H groups in total. The van der Waals surface area contributed by atoms with Crippen molar-refractivity contribution >= 4 is 5.69 Å². The molecule has 0 radical (unpaired) electrons. The predicted octanol–water partition coefficient (Wildman–Crippen LogP) is 1.57. The topological polar surface area (TPSA) is 109 Å². The lowest BCUT2D eigenvalue weighted by molar-refractivity contribution is -0.384. The van der Waals surface area contributed by atoms with Crippen molar-refractivity contribution in [3.8, 4) is 11.3 Å². The Morgan fingerprint density at radius 3 is 2.65 bits per heavy atom. The fourth-order valence-electron chi connectivity index (χ4n) is 1.79. The van der Waals surface area contributed by atoms with Gasteiger partial charge in [-0.05, 0) is 19.9 Å². The minimum atomic E-state index is -1.33. The van der Waals surface area contributed by atoms with Crippen LogP contribution in [0, 0.1) is 10.1 Å². The first-order chi connectivity index (χ1) is 9.29. The van der Waals surface area contributed by atoms with Gasteiger partial charge < -0.3 is 5.11 Å². The Bertz CT molecular complexity index is 716. The second kappa shape index (κ2) is 4.86. The van der Waals surface area contributed by atoms with E-state index < -0.39 is 16.1 Å². The summed E-state index contributed by atoms with van der Waals surface area (Å²) in [4.78, 5) is 21.9. The summed E-state index contributed by atoms with van der Waals surface area (Å²) in [6.07, 6.45) is 0. The van der Waals surface area contributed by atoms with E-state index >= 15 is 0 Å².